The molecular weight excluding hydrogens is 576 g/mol. The number of aromatic nitrogens is 1. The van der Waals surface area contributed by atoms with Crippen molar-refractivity contribution in [2.75, 3.05) is 27.9 Å². The Kier molecular flexibility index (Phi) is 11.5. The first-order valence-corrected chi connectivity index (χ1v) is 13.6. The van der Waals surface area contributed by atoms with Gasteiger partial charge >= 0.3 is 17.9 Å². The van der Waals surface area contributed by atoms with Crippen molar-refractivity contribution >= 4 is 17.9 Å². The van der Waals surface area contributed by atoms with Crippen molar-refractivity contribution in [2.45, 2.75) is 43.9 Å². The molecular formula is C31H36N2O11. The molecule has 0 spiro atoms. The number of hydrogen-bond donors (Lipinski definition) is 5. The van der Waals surface area contributed by atoms with E-state index < -0.39 is 36.4 Å². The van der Waals surface area contributed by atoms with Gasteiger partial charge in [0.2, 0.25) is 5.88 Å². The largest absolute Gasteiger partial charge is 0.497 e. The van der Waals surface area contributed by atoms with Crippen LogP contribution in [0.4, 0.5) is 0 Å². The van der Waals surface area contributed by atoms with Crippen LogP contribution in [-0.4, -0.2) is 76.9 Å². The zero-order valence-electron chi connectivity index (χ0n) is 24.8. The molecule has 0 bridgehead atoms. The van der Waals surface area contributed by atoms with E-state index in [0.717, 1.165) is 34.8 Å². The highest BCUT2D eigenvalue weighted by atomic mass is 16.5. The standard InChI is InChI=1S/C25H28N2O4.C6H8O7/c1-5-31-23-15-16(8-11-22(23)29-3)24-19-10-9-18(28-2)13-17(19)14-21(27-24)20-7-6-12-26-25(20)30-4;7-3(8)1-6(13,5(11)12)2-4(9)10/h6-13,15,21,24,27H,5,14H2,1-4H3;13H,1-2H2,(H,7,8)(H,9,10)(H,11,12)/t21-,24-;/m0./s1. The lowest BCUT2D eigenvalue weighted by Crippen LogP contribution is -2.42. The van der Waals surface area contributed by atoms with Crippen molar-refractivity contribution in [2.24, 2.45) is 0 Å². The van der Waals surface area contributed by atoms with Crippen LogP contribution in [0.15, 0.2) is 54.7 Å². The molecule has 1 aliphatic rings. The summed E-state index contributed by atoms with van der Waals surface area (Å²) in [6.07, 6.45) is 0.264. The van der Waals surface area contributed by atoms with Crippen molar-refractivity contribution in [3.8, 4) is 23.1 Å². The molecule has 0 saturated heterocycles. The summed E-state index contributed by atoms with van der Waals surface area (Å²) in [7, 11) is 5.00. The highest BCUT2D eigenvalue weighted by molar-refractivity contribution is 5.88. The first kappa shape index (κ1) is 33.6. The molecule has 5 N–H and O–H groups in total. The number of fused-ring (bicyclic) bond motifs is 1. The lowest BCUT2D eigenvalue weighted by molar-refractivity contribution is -0.170. The van der Waals surface area contributed by atoms with E-state index in [-0.39, 0.29) is 12.1 Å². The van der Waals surface area contributed by atoms with E-state index in [0.29, 0.717) is 12.5 Å². The normalized spacial score (nSPS) is 15.6. The zero-order chi connectivity index (χ0) is 32.4. The average Bonchev–Trinajstić information content (AvgIpc) is 2.99. The van der Waals surface area contributed by atoms with Gasteiger partial charge in [0, 0.05) is 17.8 Å². The Bertz CT molecular complexity index is 1460. The van der Waals surface area contributed by atoms with Gasteiger partial charge in [0.1, 0.15) is 5.75 Å². The van der Waals surface area contributed by atoms with E-state index in [1.807, 2.05) is 25.1 Å². The summed E-state index contributed by atoms with van der Waals surface area (Å²) in [6.45, 7) is 2.54. The third-order valence-corrected chi connectivity index (χ3v) is 6.93. The number of nitrogens with one attached hydrogen (secondary N) is 1. The number of benzene rings is 2. The molecule has 236 valence electrons. The third-order valence-electron chi connectivity index (χ3n) is 6.93. The van der Waals surface area contributed by atoms with Gasteiger partial charge in [0.05, 0.1) is 46.8 Å². The summed E-state index contributed by atoms with van der Waals surface area (Å²) in [6, 6.07) is 16.3. The number of carboxylic acids is 3. The number of methoxy groups -OCH3 is 3. The fraction of sp³-hybridized carbons (Fsp3) is 0.355. The second-order valence-corrected chi connectivity index (χ2v) is 9.84. The highest BCUT2D eigenvalue weighted by Crippen LogP contribution is 2.41. The number of hydrogen-bond acceptors (Lipinski definition) is 10. The summed E-state index contributed by atoms with van der Waals surface area (Å²) in [5, 5.41) is 37.6. The Balaban J connectivity index is 0.000000345. The van der Waals surface area contributed by atoms with Crippen LogP contribution < -0.4 is 24.3 Å². The second-order valence-electron chi connectivity index (χ2n) is 9.84. The van der Waals surface area contributed by atoms with Gasteiger partial charge in [-0.1, -0.05) is 18.2 Å². The molecule has 13 heteroatoms. The van der Waals surface area contributed by atoms with Crippen molar-refractivity contribution in [1.29, 1.82) is 0 Å². The van der Waals surface area contributed by atoms with Crippen molar-refractivity contribution in [3.05, 3.63) is 77.0 Å². The molecule has 0 fully saturated rings. The predicted molar refractivity (Wildman–Crippen MR) is 156 cm³/mol. The van der Waals surface area contributed by atoms with E-state index in [4.69, 9.17) is 39.4 Å². The summed E-state index contributed by atoms with van der Waals surface area (Å²) in [5.74, 6) is -2.08. The Morgan fingerprint density at radius 1 is 0.909 bits per heavy atom. The van der Waals surface area contributed by atoms with Crippen molar-refractivity contribution in [1.82, 2.24) is 10.3 Å². The Labute approximate surface area is 254 Å². The van der Waals surface area contributed by atoms with E-state index in [1.165, 1.54) is 11.1 Å². The third kappa shape index (κ3) is 8.14. The molecule has 2 atom stereocenters. The number of carboxylic acid groups (broad SMARTS) is 3. The topological polar surface area (TPSA) is 194 Å². The fourth-order valence-electron chi connectivity index (χ4n) is 4.91. The molecule has 0 radical (unpaired) electrons. The number of ether oxygens (including phenoxy) is 4. The molecule has 0 unspecified atom stereocenters. The van der Waals surface area contributed by atoms with Crippen molar-refractivity contribution in [3.63, 3.8) is 0 Å². The molecule has 44 heavy (non-hydrogen) atoms. The van der Waals surface area contributed by atoms with Gasteiger partial charge in [-0.25, -0.2) is 9.78 Å². The lowest BCUT2D eigenvalue weighted by Gasteiger charge is -2.34. The summed E-state index contributed by atoms with van der Waals surface area (Å²) < 4.78 is 22.3. The van der Waals surface area contributed by atoms with Crippen molar-refractivity contribution < 1.29 is 53.8 Å². The Hall–Kier alpha value is -4.88. The molecule has 1 aromatic heterocycles. The number of nitrogens with zero attached hydrogens (tertiary/aromatic N) is 1. The van der Waals surface area contributed by atoms with Gasteiger partial charge in [0.15, 0.2) is 17.1 Å². The maximum absolute atomic E-state index is 10.3. The molecule has 4 rings (SSSR count). The minimum Gasteiger partial charge on any atom is -0.497 e. The smallest absolute Gasteiger partial charge is 0.336 e. The first-order valence-electron chi connectivity index (χ1n) is 13.6. The molecule has 1 aliphatic heterocycles. The van der Waals surface area contributed by atoms with Gasteiger partial charge in [0.25, 0.3) is 0 Å². The van der Waals surface area contributed by atoms with Gasteiger partial charge in [-0.2, -0.15) is 0 Å². The van der Waals surface area contributed by atoms with Crippen LogP contribution >= 0.6 is 0 Å². The Morgan fingerprint density at radius 3 is 2.18 bits per heavy atom. The second kappa shape index (κ2) is 15.0. The van der Waals surface area contributed by atoms with Gasteiger partial charge in [-0.15, -0.1) is 0 Å². The summed E-state index contributed by atoms with van der Waals surface area (Å²) in [4.78, 5) is 34.9. The van der Waals surface area contributed by atoms with Gasteiger partial charge < -0.3 is 39.4 Å². The molecule has 0 amide bonds. The van der Waals surface area contributed by atoms with Crippen LogP contribution in [-0.2, 0) is 20.8 Å². The van der Waals surface area contributed by atoms with Crippen LogP contribution in [0.1, 0.15) is 54.1 Å². The molecule has 0 saturated carbocycles. The number of pyridine rings is 1. The monoisotopic (exact) mass is 612 g/mol. The van der Waals surface area contributed by atoms with Crippen LogP contribution in [0, 0.1) is 0 Å². The maximum Gasteiger partial charge on any atom is 0.336 e. The minimum atomic E-state index is -2.74. The van der Waals surface area contributed by atoms with E-state index in [2.05, 4.69) is 40.6 Å². The van der Waals surface area contributed by atoms with Gasteiger partial charge in [-0.3, -0.25) is 14.9 Å². The number of aliphatic hydroxyl groups is 1. The minimum absolute atomic E-state index is 0.0327. The number of carbonyl (C=O) groups is 3. The van der Waals surface area contributed by atoms with Gasteiger partial charge in [-0.05, 0) is 60.4 Å². The number of aliphatic carboxylic acids is 3. The summed E-state index contributed by atoms with van der Waals surface area (Å²) in [5.41, 5.74) is 1.84. The first-order chi connectivity index (χ1) is 21.0. The molecule has 2 aromatic carbocycles. The SMILES string of the molecule is CCOc1cc([C@@H]2N[C@H](c3cccnc3OC)Cc3cc(OC)ccc32)ccc1OC.O=C(O)CC(O)(CC(=O)O)C(=O)O. The molecule has 0 aliphatic carbocycles. The van der Waals surface area contributed by atoms with Crippen LogP contribution in [0.25, 0.3) is 0 Å². The lowest BCUT2D eigenvalue weighted by atomic mass is 9.84. The summed E-state index contributed by atoms with van der Waals surface area (Å²) >= 11 is 0. The van der Waals surface area contributed by atoms with E-state index in [1.54, 1.807) is 27.5 Å². The van der Waals surface area contributed by atoms with E-state index in [9.17, 15) is 14.4 Å². The average molecular weight is 613 g/mol. The number of rotatable bonds is 12. The predicted octanol–water partition coefficient (Wildman–Crippen LogP) is 3.23. The van der Waals surface area contributed by atoms with Crippen LogP contribution in [0.3, 0.4) is 0 Å². The Morgan fingerprint density at radius 2 is 1.61 bits per heavy atom. The molecule has 13 nitrogen and oxygen atoms in total. The zero-order valence-corrected chi connectivity index (χ0v) is 24.8. The highest BCUT2D eigenvalue weighted by Gasteiger charge is 2.40. The maximum atomic E-state index is 10.3. The quantitative estimate of drug-likeness (QED) is 0.200. The molecule has 2 heterocycles. The molecule has 3 aromatic rings. The van der Waals surface area contributed by atoms with Crippen LogP contribution in [0.2, 0.25) is 0 Å². The van der Waals surface area contributed by atoms with Crippen LogP contribution in [0.5, 0.6) is 23.1 Å². The fourth-order valence-corrected chi connectivity index (χ4v) is 4.91. The van der Waals surface area contributed by atoms with E-state index >= 15 is 0 Å².